The lowest BCUT2D eigenvalue weighted by Gasteiger charge is -2.25. The van der Waals surface area contributed by atoms with Crippen LogP contribution in [0, 0.1) is 0 Å². The molecule has 0 aliphatic heterocycles. The second-order valence-electron chi connectivity index (χ2n) is 10.0. The Hall–Kier alpha value is -3.43. The highest BCUT2D eigenvalue weighted by Crippen LogP contribution is 2.14. The maximum absolute atomic E-state index is 12.5. The first-order chi connectivity index (χ1) is 16.2. The number of rotatable bonds is 10. The van der Waals surface area contributed by atoms with Gasteiger partial charge < -0.3 is 14.8 Å². The van der Waals surface area contributed by atoms with Gasteiger partial charge in [-0.3, -0.25) is 20.0 Å². The van der Waals surface area contributed by atoms with Gasteiger partial charge in [-0.05, 0) is 85.2 Å². The largest absolute Gasteiger partial charge is 0.460 e. The third-order valence-electron chi connectivity index (χ3n) is 4.36. The molecule has 0 aromatic heterocycles. The van der Waals surface area contributed by atoms with Crippen LogP contribution in [0.2, 0.25) is 0 Å². The van der Waals surface area contributed by atoms with E-state index in [0.717, 1.165) is 11.3 Å². The van der Waals surface area contributed by atoms with Crippen LogP contribution in [0.1, 0.15) is 72.8 Å². The lowest BCUT2D eigenvalue weighted by Crippen LogP contribution is -2.52. The molecular weight excluding hydrogens is 452 g/mol. The van der Waals surface area contributed by atoms with E-state index in [1.54, 1.807) is 41.5 Å². The van der Waals surface area contributed by atoms with Crippen LogP contribution in [0.15, 0.2) is 29.3 Å². The Balaban J connectivity index is 2.53. The molecule has 1 rings (SSSR count). The standard InChI is InChI=1S/C25H38N4O6/c1-24(2,3)34-21(31)16-15-19(22(32)35-25(4,5)6)27-23(33)29-28-20(30)10-8-9-17-11-13-18(26-7)14-12-17/h11-14,19H,7-10,15-16H2,1-6H3,(H,28,30)(H2,27,29,33)/t19-/m0/s1. The van der Waals surface area contributed by atoms with Gasteiger partial charge in [-0.15, -0.1) is 0 Å². The summed E-state index contributed by atoms with van der Waals surface area (Å²) in [5.41, 5.74) is 4.92. The van der Waals surface area contributed by atoms with Crippen LogP contribution in [0.3, 0.4) is 0 Å². The van der Waals surface area contributed by atoms with Crippen LogP contribution in [-0.2, 0) is 30.3 Å². The summed E-state index contributed by atoms with van der Waals surface area (Å²) in [6.07, 6.45) is 1.33. The number of esters is 2. The summed E-state index contributed by atoms with van der Waals surface area (Å²) >= 11 is 0. The number of aliphatic imine (C=N–C) groups is 1. The van der Waals surface area contributed by atoms with E-state index < -0.39 is 35.2 Å². The van der Waals surface area contributed by atoms with Crippen molar-refractivity contribution >= 4 is 36.3 Å². The lowest BCUT2D eigenvalue weighted by molar-refractivity contribution is -0.158. The van der Waals surface area contributed by atoms with Crippen LogP contribution in [0.4, 0.5) is 10.5 Å². The highest BCUT2D eigenvalue weighted by Gasteiger charge is 2.28. The number of benzene rings is 1. The fourth-order valence-corrected chi connectivity index (χ4v) is 2.88. The van der Waals surface area contributed by atoms with E-state index in [4.69, 9.17) is 9.47 Å². The smallest absolute Gasteiger partial charge is 0.334 e. The minimum atomic E-state index is -1.10. The Bertz CT molecular complexity index is 885. The summed E-state index contributed by atoms with van der Waals surface area (Å²) in [5, 5.41) is 2.44. The maximum Gasteiger partial charge on any atom is 0.334 e. The summed E-state index contributed by atoms with van der Waals surface area (Å²) < 4.78 is 10.6. The highest BCUT2D eigenvalue weighted by molar-refractivity contribution is 5.86. The quantitative estimate of drug-likeness (QED) is 0.261. The predicted octanol–water partition coefficient (Wildman–Crippen LogP) is 3.50. The Morgan fingerprint density at radius 1 is 0.914 bits per heavy atom. The van der Waals surface area contributed by atoms with Gasteiger partial charge in [0.05, 0.1) is 5.69 Å². The first kappa shape index (κ1) is 29.6. The molecule has 1 aromatic rings. The van der Waals surface area contributed by atoms with Crippen molar-refractivity contribution in [3.8, 4) is 0 Å². The van der Waals surface area contributed by atoms with Crippen molar-refractivity contribution in [2.75, 3.05) is 0 Å². The van der Waals surface area contributed by atoms with Gasteiger partial charge in [0.1, 0.15) is 17.2 Å². The monoisotopic (exact) mass is 490 g/mol. The first-order valence-electron chi connectivity index (χ1n) is 11.5. The van der Waals surface area contributed by atoms with Crippen molar-refractivity contribution in [2.24, 2.45) is 4.99 Å². The second-order valence-corrected chi connectivity index (χ2v) is 10.0. The average molecular weight is 491 g/mol. The number of carbonyl (C=O) groups excluding carboxylic acids is 4. The van der Waals surface area contributed by atoms with Gasteiger partial charge in [0, 0.05) is 12.8 Å². The minimum absolute atomic E-state index is 0.0225. The summed E-state index contributed by atoms with van der Waals surface area (Å²) in [5.74, 6) is -1.58. The number of nitrogens with one attached hydrogen (secondary N) is 3. The van der Waals surface area contributed by atoms with Gasteiger partial charge in [0.2, 0.25) is 5.91 Å². The summed E-state index contributed by atoms with van der Waals surface area (Å²) in [4.78, 5) is 52.7. The molecule has 3 amide bonds. The molecule has 0 spiro atoms. The zero-order chi connectivity index (χ0) is 26.6. The average Bonchev–Trinajstić information content (AvgIpc) is 2.73. The number of hydrogen-bond acceptors (Lipinski definition) is 7. The molecule has 0 aliphatic carbocycles. The Kier molecular flexibility index (Phi) is 11.4. The highest BCUT2D eigenvalue weighted by atomic mass is 16.6. The van der Waals surface area contributed by atoms with Crippen molar-refractivity contribution in [1.29, 1.82) is 0 Å². The SMILES string of the molecule is C=Nc1ccc(CCCC(=O)NNC(=O)N[C@@H](CCC(=O)OC(C)(C)C)C(=O)OC(C)(C)C)cc1. The van der Waals surface area contributed by atoms with Crippen molar-refractivity contribution in [3.05, 3.63) is 29.8 Å². The maximum atomic E-state index is 12.5. The van der Waals surface area contributed by atoms with E-state index in [-0.39, 0.29) is 25.2 Å². The van der Waals surface area contributed by atoms with Crippen LogP contribution in [-0.4, -0.2) is 47.8 Å². The zero-order valence-corrected chi connectivity index (χ0v) is 21.5. The number of aryl methyl sites for hydroxylation is 1. The molecule has 10 heteroatoms. The van der Waals surface area contributed by atoms with Crippen molar-refractivity contribution in [2.45, 2.75) is 90.9 Å². The number of ether oxygens (including phenoxy) is 2. The van der Waals surface area contributed by atoms with Gasteiger partial charge in [-0.1, -0.05) is 12.1 Å². The molecule has 194 valence electrons. The molecule has 0 fully saturated rings. The fourth-order valence-electron chi connectivity index (χ4n) is 2.88. The Morgan fingerprint density at radius 3 is 2.06 bits per heavy atom. The fraction of sp³-hybridized carbons (Fsp3) is 0.560. The van der Waals surface area contributed by atoms with E-state index in [2.05, 4.69) is 27.9 Å². The van der Waals surface area contributed by atoms with Crippen molar-refractivity contribution in [1.82, 2.24) is 16.2 Å². The predicted molar refractivity (Wildman–Crippen MR) is 133 cm³/mol. The molecule has 0 bridgehead atoms. The van der Waals surface area contributed by atoms with Crippen LogP contribution in [0.5, 0.6) is 0 Å². The molecule has 0 radical (unpaired) electrons. The third kappa shape index (κ3) is 13.8. The second kappa shape index (κ2) is 13.5. The molecule has 35 heavy (non-hydrogen) atoms. The first-order valence-corrected chi connectivity index (χ1v) is 11.5. The minimum Gasteiger partial charge on any atom is -0.460 e. The third-order valence-corrected chi connectivity index (χ3v) is 4.36. The van der Waals surface area contributed by atoms with E-state index in [1.165, 1.54) is 0 Å². The van der Waals surface area contributed by atoms with Gasteiger partial charge in [-0.2, -0.15) is 0 Å². The van der Waals surface area contributed by atoms with Crippen LogP contribution >= 0.6 is 0 Å². The number of urea groups is 1. The van der Waals surface area contributed by atoms with Crippen molar-refractivity contribution in [3.63, 3.8) is 0 Å². The molecule has 0 heterocycles. The van der Waals surface area contributed by atoms with E-state index in [1.807, 2.05) is 24.3 Å². The number of nitrogens with zero attached hydrogens (tertiary/aromatic N) is 1. The van der Waals surface area contributed by atoms with E-state index >= 15 is 0 Å². The Labute approximate surface area is 207 Å². The number of carbonyl (C=O) groups is 4. The number of amides is 3. The molecule has 0 saturated carbocycles. The Morgan fingerprint density at radius 2 is 1.51 bits per heavy atom. The molecule has 3 N–H and O–H groups in total. The summed E-state index contributed by atoms with van der Waals surface area (Å²) in [6.45, 7) is 13.8. The molecule has 1 aromatic carbocycles. The van der Waals surface area contributed by atoms with Gasteiger partial charge in [0.15, 0.2) is 0 Å². The molecule has 0 unspecified atom stereocenters. The topological polar surface area (TPSA) is 135 Å². The lowest BCUT2D eigenvalue weighted by atomic mass is 10.1. The van der Waals surface area contributed by atoms with Crippen molar-refractivity contribution < 1.29 is 28.7 Å². The van der Waals surface area contributed by atoms with Gasteiger partial charge in [0.25, 0.3) is 0 Å². The summed E-state index contributed by atoms with van der Waals surface area (Å²) in [7, 11) is 0. The number of hydrazine groups is 1. The van der Waals surface area contributed by atoms with Crippen LogP contribution in [0.25, 0.3) is 0 Å². The van der Waals surface area contributed by atoms with Gasteiger partial charge >= 0.3 is 18.0 Å². The molecule has 10 nitrogen and oxygen atoms in total. The van der Waals surface area contributed by atoms with Gasteiger partial charge in [-0.25, -0.2) is 15.0 Å². The van der Waals surface area contributed by atoms with E-state index in [9.17, 15) is 19.2 Å². The summed E-state index contributed by atoms with van der Waals surface area (Å²) in [6, 6.07) is 5.62. The zero-order valence-electron chi connectivity index (χ0n) is 21.5. The molecular formula is C25H38N4O6. The molecule has 1 atom stereocenters. The van der Waals surface area contributed by atoms with E-state index in [0.29, 0.717) is 12.8 Å². The van der Waals surface area contributed by atoms with Crippen LogP contribution < -0.4 is 16.2 Å². The normalized spacial score (nSPS) is 12.2. The molecule has 0 saturated heterocycles. The number of hydrogen-bond donors (Lipinski definition) is 3. The molecule has 0 aliphatic rings.